The third-order valence-corrected chi connectivity index (χ3v) is 7.08. The van der Waals surface area contributed by atoms with Crippen LogP contribution in [0.4, 0.5) is 0 Å². The second-order valence-electron chi connectivity index (χ2n) is 6.11. The molecule has 1 N–H and O–H groups in total. The molecule has 9 heteroatoms. The monoisotopic (exact) mass is 390 g/mol. The van der Waals surface area contributed by atoms with E-state index in [9.17, 15) is 13.2 Å². The molecule has 0 aliphatic carbocycles. The molecule has 1 amide bonds. The summed E-state index contributed by atoms with van der Waals surface area (Å²) in [6.07, 6.45) is 1.57. The normalized spacial score (nSPS) is 19.1. The number of nitrogens with zero attached hydrogens (tertiary/aromatic N) is 3. The topological polar surface area (TPSA) is 103 Å². The van der Waals surface area contributed by atoms with E-state index in [1.54, 1.807) is 6.08 Å². The molecule has 0 spiro atoms. The van der Waals surface area contributed by atoms with Crippen LogP contribution in [0.1, 0.15) is 37.8 Å². The number of sulfone groups is 1. The molecule has 136 valence electrons. The van der Waals surface area contributed by atoms with Gasteiger partial charge in [0.15, 0.2) is 5.84 Å². The van der Waals surface area contributed by atoms with Gasteiger partial charge in [-0.25, -0.2) is 8.42 Å². The van der Waals surface area contributed by atoms with Crippen LogP contribution < -0.4 is 0 Å². The van der Waals surface area contributed by atoms with E-state index in [2.05, 4.69) is 23.9 Å². The van der Waals surface area contributed by atoms with E-state index >= 15 is 0 Å². The van der Waals surface area contributed by atoms with Crippen molar-refractivity contribution >= 4 is 49.0 Å². The molecule has 0 bridgehead atoms. The zero-order valence-corrected chi connectivity index (χ0v) is 16.2. The van der Waals surface area contributed by atoms with Crippen LogP contribution in [0.2, 0.25) is 0 Å². The van der Waals surface area contributed by atoms with E-state index < -0.39 is 15.7 Å². The van der Waals surface area contributed by atoms with Crippen LogP contribution in [0.25, 0.3) is 6.08 Å². The number of carbonyl (C=O) groups is 1. The number of benzene rings is 1. The number of amides is 1. The highest BCUT2D eigenvalue weighted by molar-refractivity contribution is 8.42. The van der Waals surface area contributed by atoms with Crippen molar-refractivity contribution < 1.29 is 13.2 Å². The molecule has 7 nitrogen and oxygen atoms in total. The van der Waals surface area contributed by atoms with Crippen LogP contribution in [-0.2, 0) is 14.6 Å². The van der Waals surface area contributed by atoms with Crippen LogP contribution in [0.5, 0.6) is 0 Å². The first kappa shape index (κ1) is 18.5. The van der Waals surface area contributed by atoms with Crippen molar-refractivity contribution in [2.24, 2.45) is 10.1 Å². The van der Waals surface area contributed by atoms with Gasteiger partial charge in [0.25, 0.3) is 5.91 Å². The number of carbonyl (C=O) groups excluding carboxylic acids is 1. The Labute approximate surface area is 156 Å². The van der Waals surface area contributed by atoms with Crippen LogP contribution in [-0.4, -0.2) is 40.5 Å². The van der Waals surface area contributed by atoms with Gasteiger partial charge in [-0.05, 0) is 34.9 Å². The summed E-state index contributed by atoms with van der Waals surface area (Å²) in [5.41, 5.74) is 2.01. The Kier molecular flexibility index (Phi) is 4.85. The molecule has 1 aromatic rings. The first-order valence-electron chi connectivity index (χ1n) is 8.06. The summed E-state index contributed by atoms with van der Waals surface area (Å²) >= 11 is 0.796. The average Bonchev–Trinajstić information content (AvgIpc) is 3.04. The van der Waals surface area contributed by atoms with E-state index in [0.717, 1.165) is 22.3 Å². The lowest BCUT2D eigenvalue weighted by molar-refractivity contribution is -0.114. The molecule has 3 rings (SSSR count). The highest BCUT2D eigenvalue weighted by Crippen LogP contribution is 2.30. The Morgan fingerprint density at radius 1 is 1.27 bits per heavy atom. The number of rotatable bonds is 3. The Morgan fingerprint density at radius 2 is 1.92 bits per heavy atom. The van der Waals surface area contributed by atoms with Gasteiger partial charge in [0.05, 0.1) is 11.3 Å². The van der Waals surface area contributed by atoms with Crippen molar-refractivity contribution in [3.63, 3.8) is 0 Å². The van der Waals surface area contributed by atoms with E-state index in [-0.39, 0.29) is 26.7 Å². The number of hydrogen-bond donors (Lipinski definition) is 1. The molecule has 2 heterocycles. The number of thioether (sulfide) groups is 1. The number of amidine groups is 2. The van der Waals surface area contributed by atoms with Crippen LogP contribution in [0.15, 0.2) is 39.9 Å². The van der Waals surface area contributed by atoms with E-state index in [1.165, 1.54) is 12.5 Å². The fourth-order valence-electron chi connectivity index (χ4n) is 2.37. The summed E-state index contributed by atoms with van der Waals surface area (Å²) in [6.45, 7) is 5.70. The number of nitrogens with one attached hydrogen (secondary N) is 1. The third kappa shape index (κ3) is 3.36. The zero-order chi connectivity index (χ0) is 19.1. The van der Waals surface area contributed by atoms with Gasteiger partial charge in [-0.2, -0.15) is 10.0 Å². The Hall–Kier alpha value is -2.26. The molecular weight excluding hydrogens is 372 g/mol. The summed E-state index contributed by atoms with van der Waals surface area (Å²) in [6, 6.07) is 7.69. The van der Waals surface area contributed by atoms with Gasteiger partial charge in [-0.3, -0.25) is 10.2 Å². The minimum atomic E-state index is -3.52. The van der Waals surface area contributed by atoms with Crippen LogP contribution in [0.3, 0.4) is 0 Å². The molecule has 0 saturated heterocycles. The molecule has 2 aliphatic heterocycles. The van der Waals surface area contributed by atoms with Gasteiger partial charge in [0.1, 0.15) is 0 Å². The lowest BCUT2D eigenvalue weighted by Gasteiger charge is -2.20. The molecule has 0 saturated carbocycles. The third-order valence-electron chi connectivity index (χ3n) is 4.00. The largest absolute Gasteiger partial charge is 0.283 e. The van der Waals surface area contributed by atoms with Crippen molar-refractivity contribution in [1.29, 1.82) is 5.41 Å². The van der Waals surface area contributed by atoms with E-state index in [0.29, 0.717) is 5.92 Å². The van der Waals surface area contributed by atoms with Crippen LogP contribution in [0, 0.1) is 5.41 Å². The van der Waals surface area contributed by atoms with Gasteiger partial charge in [0.2, 0.25) is 19.4 Å². The predicted octanol–water partition coefficient (Wildman–Crippen LogP) is 2.82. The van der Waals surface area contributed by atoms with Crippen molar-refractivity contribution in [1.82, 2.24) is 5.01 Å². The zero-order valence-electron chi connectivity index (χ0n) is 14.6. The molecular formula is C17H18N4O3S2. The van der Waals surface area contributed by atoms with Crippen molar-refractivity contribution in [2.45, 2.75) is 26.7 Å². The predicted molar refractivity (Wildman–Crippen MR) is 105 cm³/mol. The quantitative estimate of drug-likeness (QED) is 0.800. The second kappa shape index (κ2) is 6.81. The smallest absolute Gasteiger partial charge is 0.282 e. The second-order valence-corrected chi connectivity index (χ2v) is 9.52. The number of hydrazone groups is 1. The molecule has 1 aromatic carbocycles. The Bertz CT molecular complexity index is 974. The van der Waals surface area contributed by atoms with Gasteiger partial charge in [-0.15, -0.1) is 5.10 Å². The van der Waals surface area contributed by atoms with Gasteiger partial charge in [-0.1, -0.05) is 45.0 Å². The molecule has 26 heavy (non-hydrogen) atoms. The van der Waals surface area contributed by atoms with Gasteiger partial charge >= 0.3 is 0 Å². The SMILES string of the molecule is CCS(=O)(=O)C1=NN2C(=N)/C(=C\c3ccc(C(C)C)cc3)C(=O)N=C2S1. The molecule has 2 aliphatic rings. The van der Waals surface area contributed by atoms with Gasteiger partial charge in [0, 0.05) is 0 Å². The maximum atomic E-state index is 12.3. The standard InChI is InChI=1S/C17H18N4O3S2/c1-4-26(23,24)17-20-21-14(18)13(15(22)19-16(21)25-17)9-11-5-7-12(8-6-11)10(2)3/h5-10,18H,4H2,1-3H3/b13-9+,18-14?. The van der Waals surface area contributed by atoms with Crippen molar-refractivity contribution in [3.05, 3.63) is 41.0 Å². The highest BCUT2D eigenvalue weighted by Gasteiger charge is 2.39. The molecule has 0 fully saturated rings. The minimum Gasteiger partial charge on any atom is -0.282 e. The lowest BCUT2D eigenvalue weighted by atomic mass is 10.0. The Morgan fingerprint density at radius 3 is 2.50 bits per heavy atom. The summed E-state index contributed by atoms with van der Waals surface area (Å²) in [5, 5.41) is 13.4. The summed E-state index contributed by atoms with van der Waals surface area (Å²) < 4.78 is 23.8. The maximum absolute atomic E-state index is 12.3. The first-order chi connectivity index (χ1) is 12.2. The minimum absolute atomic E-state index is 0.0746. The molecule has 0 aromatic heterocycles. The van der Waals surface area contributed by atoms with E-state index in [1.807, 2.05) is 24.3 Å². The lowest BCUT2D eigenvalue weighted by Crippen LogP contribution is -2.35. The summed E-state index contributed by atoms with van der Waals surface area (Å²) in [7, 11) is -3.52. The van der Waals surface area contributed by atoms with E-state index in [4.69, 9.17) is 5.41 Å². The first-order valence-corrected chi connectivity index (χ1v) is 10.5. The molecule has 0 unspecified atom stereocenters. The van der Waals surface area contributed by atoms with Crippen molar-refractivity contribution in [2.75, 3.05) is 5.75 Å². The fourth-order valence-corrected chi connectivity index (χ4v) is 4.53. The molecule has 0 radical (unpaired) electrons. The summed E-state index contributed by atoms with van der Waals surface area (Å²) in [5.74, 6) is -0.464. The Balaban J connectivity index is 1.94. The van der Waals surface area contributed by atoms with Crippen LogP contribution >= 0.6 is 11.8 Å². The molecule has 0 atom stereocenters. The number of aliphatic imine (C=N–C) groups is 1. The average molecular weight is 390 g/mol. The highest BCUT2D eigenvalue weighted by atomic mass is 32.3. The van der Waals surface area contributed by atoms with Crippen molar-refractivity contribution in [3.8, 4) is 0 Å². The number of hydrogen-bond acceptors (Lipinski definition) is 6. The number of fused-ring (bicyclic) bond motifs is 1. The fraction of sp³-hybridized carbons (Fsp3) is 0.294. The summed E-state index contributed by atoms with van der Waals surface area (Å²) in [4.78, 5) is 16.2. The van der Waals surface area contributed by atoms with Gasteiger partial charge < -0.3 is 0 Å². The maximum Gasteiger partial charge on any atom is 0.283 e.